The summed E-state index contributed by atoms with van der Waals surface area (Å²) >= 11 is 0. The van der Waals surface area contributed by atoms with Crippen molar-refractivity contribution in [3.8, 4) is 0 Å². The van der Waals surface area contributed by atoms with Gasteiger partial charge in [-0.3, -0.25) is 0 Å². The van der Waals surface area contributed by atoms with Gasteiger partial charge in [0.1, 0.15) is 0 Å². The van der Waals surface area contributed by atoms with E-state index < -0.39 is 9.28 Å². The predicted molar refractivity (Wildman–Crippen MR) is 61.8 cm³/mol. The molecule has 2 aliphatic rings. The summed E-state index contributed by atoms with van der Waals surface area (Å²) in [5, 5.41) is 0. The maximum absolute atomic E-state index is 5.59. The van der Waals surface area contributed by atoms with Crippen LogP contribution < -0.4 is 0 Å². The van der Waals surface area contributed by atoms with Crippen LogP contribution in [0.3, 0.4) is 0 Å². The van der Waals surface area contributed by atoms with Gasteiger partial charge in [-0.2, -0.15) is 0 Å². The molecule has 2 atom stereocenters. The van der Waals surface area contributed by atoms with E-state index >= 15 is 0 Å². The van der Waals surface area contributed by atoms with Crippen LogP contribution in [0.15, 0.2) is 0 Å². The summed E-state index contributed by atoms with van der Waals surface area (Å²) in [6.45, 7) is 8.01. The first-order valence-corrected chi connectivity index (χ1v) is 7.63. The molecule has 0 aromatic heterocycles. The van der Waals surface area contributed by atoms with Crippen LogP contribution in [0.25, 0.3) is 0 Å². The SMILES string of the molecule is C1CC1.CCO[SiH](OCC)C1CC1C. The van der Waals surface area contributed by atoms with E-state index in [1.807, 2.05) is 13.8 Å². The van der Waals surface area contributed by atoms with E-state index in [0.717, 1.165) is 24.7 Å². The lowest BCUT2D eigenvalue weighted by molar-refractivity contribution is 0.211. The van der Waals surface area contributed by atoms with Gasteiger partial charge in [-0.25, -0.2) is 0 Å². The lowest BCUT2D eigenvalue weighted by Gasteiger charge is -2.13. The average molecular weight is 216 g/mol. The first-order chi connectivity index (χ1) is 6.79. The van der Waals surface area contributed by atoms with E-state index in [9.17, 15) is 0 Å². The average Bonchev–Trinajstić information content (AvgIpc) is 3.00. The zero-order chi connectivity index (χ0) is 10.4. The molecule has 84 valence electrons. The van der Waals surface area contributed by atoms with Gasteiger partial charge in [-0.15, -0.1) is 0 Å². The van der Waals surface area contributed by atoms with Gasteiger partial charge in [-0.05, 0) is 26.2 Å². The molecule has 3 heteroatoms. The Morgan fingerprint density at radius 3 is 1.71 bits per heavy atom. The van der Waals surface area contributed by atoms with Gasteiger partial charge in [0.2, 0.25) is 0 Å². The van der Waals surface area contributed by atoms with Crippen molar-refractivity contribution < 1.29 is 8.85 Å². The van der Waals surface area contributed by atoms with Gasteiger partial charge in [-0.1, -0.05) is 26.2 Å². The Balaban J connectivity index is 0.000000276. The van der Waals surface area contributed by atoms with E-state index in [0.29, 0.717) is 0 Å². The van der Waals surface area contributed by atoms with E-state index in [1.165, 1.54) is 25.7 Å². The molecular weight excluding hydrogens is 192 g/mol. The van der Waals surface area contributed by atoms with Gasteiger partial charge >= 0.3 is 9.28 Å². The molecule has 2 rings (SSSR count). The lowest BCUT2D eigenvalue weighted by Crippen LogP contribution is -2.23. The van der Waals surface area contributed by atoms with Crippen LogP contribution in [0.2, 0.25) is 5.54 Å². The second kappa shape index (κ2) is 6.59. The third-order valence-corrected chi connectivity index (χ3v) is 5.49. The van der Waals surface area contributed by atoms with Gasteiger partial charge in [0.05, 0.1) is 0 Å². The van der Waals surface area contributed by atoms with Crippen LogP contribution in [0.5, 0.6) is 0 Å². The van der Waals surface area contributed by atoms with Crippen molar-refractivity contribution in [1.82, 2.24) is 0 Å². The van der Waals surface area contributed by atoms with Crippen molar-refractivity contribution in [3.63, 3.8) is 0 Å². The highest BCUT2D eigenvalue weighted by Gasteiger charge is 2.42. The van der Waals surface area contributed by atoms with Crippen LogP contribution in [0, 0.1) is 5.92 Å². The molecule has 0 heterocycles. The fourth-order valence-corrected chi connectivity index (χ4v) is 3.79. The van der Waals surface area contributed by atoms with Gasteiger partial charge in [0.15, 0.2) is 0 Å². The topological polar surface area (TPSA) is 18.5 Å². The third-order valence-electron chi connectivity index (χ3n) is 2.54. The summed E-state index contributed by atoms with van der Waals surface area (Å²) in [7, 11) is -1.25. The third kappa shape index (κ3) is 5.13. The molecule has 0 bridgehead atoms. The quantitative estimate of drug-likeness (QED) is 0.658. The molecule has 0 aliphatic heterocycles. The first-order valence-electron chi connectivity index (χ1n) is 6.02. The van der Waals surface area contributed by atoms with Crippen LogP contribution in [-0.4, -0.2) is 22.5 Å². The largest absolute Gasteiger partial charge is 0.397 e. The Labute approximate surface area is 89.8 Å². The minimum absolute atomic E-state index is 0.801. The molecule has 0 spiro atoms. The highest BCUT2D eigenvalue weighted by atomic mass is 28.3. The molecule has 0 aromatic rings. The maximum Gasteiger partial charge on any atom is 0.324 e. The number of hydrogen-bond donors (Lipinski definition) is 0. The van der Waals surface area contributed by atoms with Crippen molar-refractivity contribution in [2.24, 2.45) is 5.92 Å². The van der Waals surface area contributed by atoms with E-state index in [4.69, 9.17) is 8.85 Å². The molecule has 2 aliphatic carbocycles. The molecule has 0 N–H and O–H groups in total. The van der Waals surface area contributed by atoms with Gasteiger partial charge in [0, 0.05) is 18.8 Å². The molecule has 0 amide bonds. The lowest BCUT2D eigenvalue weighted by atomic mass is 10.5. The Hall–Kier alpha value is 0.137. The summed E-state index contributed by atoms with van der Waals surface area (Å²) in [5.41, 5.74) is 0.801. The monoisotopic (exact) mass is 216 g/mol. The zero-order valence-corrected chi connectivity index (χ0v) is 10.9. The molecule has 2 nitrogen and oxygen atoms in total. The normalized spacial score (nSPS) is 28.3. The summed E-state index contributed by atoms with van der Waals surface area (Å²) in [4.78, 5) is 0. The Morgan fingerprint density at radius 1 is 1.07 bits per heavy atom. The highest BCUT2D eigenvalue weighted by molar-refractivity contribution is 6.47. The van der Waals surface area contributed by atoms with Gasteiger partial charge < -0.3 is 8.85 Å². The van der Waals surface area contributed by atoms with Crippen molar-refractivity contribution >= 4 is 9.28 Å². The summed E-state index contributed by atoms with van der Waals surface area (Å²) < 4.78 is 11.2. The Kier molecular flexibility index (Phi) is 5.75. The predicted octanol–water partition coefficient (Wildman–Crippen LogP) is 2.86. The van der Waals surface area contributed by atoms with Crippen molar-refractivity contribution in [2.75, 3.05) is 13.2 Å². The van der Waals surface area contributed by atoms with Crippen molar-refractivity contribution in [2.45, 2.75) is 52.0 Å². The second-order valence-electron chi connectivity index (χ2n) is 4.22. The first kappa shape index (κ1) is 12.2. The van der Waals surface area contributed by atoms with Gasteiger partial charge in [0.25, 0.3) is 0 Å². The molecule has 0 radical (unpaired) electrons. The zero-order valence-electron chi connectivity index (χ0n) is 9.79. The maximum atomic E-state index is 5.59. The minimum Gasteiger partial charge on any atom is -0.397 e. The molecule has 0 saturated heterocycles. The fourth-order valence-electron chi connectivity index (χ4n) is 1.35. The second-order valence-corrected chi connectivity index (χ2v) is 6.48. The number of rotatable bonds is 5. The highest BCUT2D eigenvalue weighted by Crippen LogP contribution is 2.46. The molecule has 2 fully saturated rings. The molecule has 2 saturated carbocycles. The molecule has 14 heavy (non-hydrogen) atoms. The van der Waals surface area contributed by atoms with Crippen LogP contribution in [0.4, 0.5) is 0 Å². The summed E-state index contributed by atoms with van der Waals surface area (Å²) in [5.74, 6) is 0.866. The summed E-state index contributed by atoms with van der Waals surface area (Å²) in [6, 6.07) is 0. The minimum atomic E-state index is -1.25. The number of hydrogen-bond acceptors (Lipinski definition) is 2. The van der Waals surface area contributed by atoms with E-state index in [2.05, 4.69) is 6.92 Å². The standard InChI is InChI=1S/C8H18O2Si.C3H6/c1-4-9-11(10-5-2)8-6-7(8)3;1-2-3-1/h7-8,11H,4-6H2,1-3H3;1-3H2. The van der Waals surface area contributed by atoms with E-state index in [-0.39, 0.29) is 0 Å². The van der Waals surface area contributed by atoms with E-state index in [1.54, 1.807) is 0 Å². The Bertz CT molecular complexity index is 141. The van der Waals surface area contributed by atoms with Crippen molar-refractivity contribution in [1.29, 1.82) is 0 Å². The van der Waals surface area contributed by atoms with Crippen LogP contribution in [-0.2, 0) is 8.85 Å². The Morgan fingerprint density at radius 2 is 1.50 bits per heavy atom. The molecule has 0 aromatic carbocycles. The van der Waals surface area contributed by atoms with Crippen molar-refractivity contribution in [3.05, 3.63) is 0 Å². The molecule has 2 unspecified atom stereocenters. The smallest absolute Gasteiger partial charge is 0.324 e. The van der Waals surface area contributed by atoms with Crippen LogP contribution in [0.1, 0.15) is 46.5 Å². The summed E-state index contributed by atoms with van der Waals surface area (Å²) in [6.07, 6.45) is 5.83. The van der Waals surface area contributed by atoms with Crippen LogP contribution >= 0.6 is 0 Å². The fraction of sp³-hybridized carbons (Fsp3) is 1.00. The molecular formula is C11H24O2Si.